The Morgan fingerprint density at radius 3 is 2.78 bits per heavy atom. The van der Waals surface area contributed by atoms with Crippen molar-refractivity contribution in [2.75, 3.05) is 5.73 Å². The van der Waals surface area contributed by atoms with Crippen molar-refractivity contribution in [3.8, 4) is 11.4 Å². The molecule has 4 nitrogen and oxygen atoms in total. The minimum absolute atomic E-state index is 0.644. The number of hydrogen-bond donors (Lipinski definition) is 1. The molecule has 0 atom stereocenters. The number of nitrogens with zero attached hydrogens (tertiary/aromatic N) is 3. The lowest BCUT2D eigenvalue weighted by Crippen LogP contribution is -1.96. The molecule has 0 bridgehead atoms. The van der Waals surface area contributed by atoms with E-state index < -0.39 is 0 Å². The fourth-order valence-corrected chi connectivity index (χ4v) is 2.09. The zero-order valence-corrected chi connectivity index (χ0v) is 10.5. The molecular weight excluding hydrogens is 248 g/mol. The van der Waals surface area contributed by atoms with E-state index in [1.54, 1.807) is 0 Å². The molecule has 18 heavy (non-hydrogen) atoms. The Hall–Kier alpha value is -2.07. The monoisotopic (exact) mass is 258 g/mol. The number of benzene rings is 1. The summed E-state index contributed by atoms with van der Waals surface area (Å²) in [5.41, 5.74) is 9.21. The second-order valence-corrected chi connectivity index (χ2v) is 4.55. The molecule has 0 spiro atoms. The van der Waals surface area contributed by atoms with E-state index in [1.807, 2.05) is 47.9 Å². The number of rotatable bonds is 1. The maximum absolute atomic E-state index is 6.17. The van der Waals surface area contributed by atoms with Crippen molar-refractivity contribution in [3.05, 3.63) is 47.1 Å². The fraction of sp³-hybridized carbons (Fsp3) is 0.0769. The van der Waals surface area contributed by atoms with E-state index in [4.69, 9.17) is 17.3 Å². The summed E-state index contributed by atoms with van der Waals surface area (Å²) in [4.78, 5) is 0. The topological polar surface area (TPSA) is 56.2 Å². The van der Waals surface area contributed by atoms with Crippen LogP contribution in [0.3, 0.4) is 0 Å². The highest BCUT2D eigenvalue weighted by molar-refractivity contribution is 6.33. The quantitative estimate of drug-likeness (QED) is 0.730. The van der Waals surface area contributed by atoms with Gasteiger partial charge in [0.1, 0.15) is 0 Å². The van der Waals surface area contributed by atoms with Crippen LogP contribution in [0.4, 0.5) is 5.69 Å². The number of halogens is 1. The molecule has 2 heterocycles. The van der Waals surface area contributed by atoms with E-state index in [9.17, 15) is 0 Å². The average Bonchev–Trinajstić information content (AvgIpc) is 2.73. The van der Waals surface area contributed by atoms with Gasteiger partial charge < -0.3 is 5.73 Å². The van der Waals surface area contributed by atoms with E-state index in [1.165, 1.54) is 0 Å². The molecule has 90 valence electrons. The van der Waals surface area contributed by atoms with Crippen LogP contribution in [0.1, 0.15) is 5.56 Å². The van der Waals surface area contributed by atoms with E-state index in [0.717, 1.165) is 16.8 Å². The predicted molar refractivity (Wildman–Crippen MR) is 72.6 cm³/mol. The van der Waals surface area contributed by atoms with Gasteiger partial charge in [0, 0.05) is 11.8 Å². The summed E-state index contributed by atoms with van der Waals surface area (Å²) in [5, 5.41) is 8.96. The lowest BCUT2D eigenvalue weighted by molar-refractivity contribution is 1.11. The Morgan fingerprint density at radius 2 is 2.00 bits per heavy atom. The van der Waals surface area contributed by atoms with Gasteiger partial charge >= 0.3 is 0 Å². The van der Waals surface area contributed by atoms with Crippen molar-refractivity contribution >= 4 is 22.9 Å². The van der Waals surface area contributed by atoms with Gasteiger partial charge in [0.25, 0.3) is 0 Å². The zero-order chi connectivity index (χ0) is 12.7. The molecule has 0 aliphatic heterocycles. The molecule has 0 fully saturated rings. The van der Waals surface area contributed by atoms with Crippen molar-refractivity contribution in [1.29, 1.82) is 0 Å². The van der Waals surface area contributed by atoms with Crippen molar-refractivity contribution in [1.82, 2.24) is 14.6 Å². The fourth-order valence-electron chi connectivity index (χ4n) is 1.87. The summed E-state index contributed by atoms with van der Waals surface area (Å²) in [5.74, 6) is 0.697. The molecule has 0 saturated heterocycles. The summed E-state index contributed by atoms with van der Waals surface area (Å²) < 4.78 is 1.85. The van der Waals surface area contributed by atoms with Gasteiger partial charge in [-0.25, -0.2) is 0 Å². The molecule has 2 aromatic heterocycles. The summed E-state index contributed by atoms with van der Waals surface area (Å²) in [6, 6.07) is 9.44. The van der Waals surface area contributed by atoms with Gasteiger partial charge in [0.05, 0.1) is 10.7 Å². The van der Waals surface area contributed by atoms with Crippen LogP contribution in [0.2, 0.25) is 5.02 Å². The van der Waals surface area contributed by atoms with E-state index >= 15 is 0 Å². The molecule has 0 aliphatic carbocycles. The second kappa shape index (κ2) is 3.99. The van der Waals surface area contributed by atoms with E-state index in [0.29, 0.717) is 16.5 Å². The molecule has 0 amide bonds. The van der Waals surface area contributed by atoms with Crippen LogP contribution in [0.25, 0.3) is 17.0 Å². The molecule has 3 rings (SSSR count). The first kappa shape index (κ1) is 11.0. The number of fused-ring (bicyclic) bond motifs is 1. The first-order valence-electron chi connectivity index (χ1n) is 5.52. The number of pyridine rings is 1. The summed E-state index contributed by atoms with van der Waals surface area (Å²) in [6.45, 7) is 1.94. The number of aryl methyl sites for hydroxylation is 1. The van der Waals surface area contributed by atoms with Crippen LogP contribution in [0, 0.1) is 6.92 Å². The summed E-state index contributed by atoms with van der Waals surface area (Å²) >= 11 is 6.17. The van der Waals surface area contributed by atoms with Gasteiger partial charge in [-0.1, -0.05) is 23.7 Å². The molecule has 3 aromatic rings. The highest BCUT2D eigenvalue weighted by Gasteiger charge is 2.11. The normalized spacial score (nSPS) is 11.0. The Balaban J connectivity index is 2.31. The van der Waals surface area contributed by atoms with Crippen molar-refractivity contribution in [3.63, 3.8) is 0 Å². The molecule has 0 radical (unpaired) electrons. The minimum Gasteiger partial charge on any atom is -0.397 e. The zero-order valence-electron chi connectivity index (χ0n) is 9.76. The van der Waals surface area contributed by atoms with Crippen LogP contribution in [0.15, 0.2) is 36.5 Å². The van der Waals surface area contributed by atoms with Crippen LogP contribution in [0.5, 0.6) is 0 Å². The standard InChI is InChI=1S/C13H11ClN4/c1-8-6-12-16-17-13(18(12)7-11(8)15)9-4-2-3-5-10(9)14/h2-7H,15H2,1H3. The van der Waals surface area contributed by atoms with Gasteiger partial charge in [-0.15, -0.1) is 10.2 Å². The number of aromatic nitrogens is 3. The van der Waals surface area contributed by atoms with Crippen LogP contribution < -0.4 is 5.73 Å². The van der Waals surface area contributed by atoms with Crippen LogP contribution >= 0.6 is 11.6 Å². The van der Waals surface area contributed by atoms with E-state index in [-0.39, 0.29) is 0 Å². The number of hydrogen-bond acceptors (Lipinski definition) is 3. The van der Waals surface area contributed by atoms with Crippen molar-refractivity contribution in [2.45, 2.75) is 6.92 Å². The number of anilines is 1. The smallest absolute Gasteiger partial charge is 0.169 e. The maximum Gasteiger partial charge on any atom is 0.169 e. The Labute approximate surface area is 109 Å². The first-order valence-corrected chi connectivity index (χ1v) is 5.90. The molecule has 0 unspecified atom stereocenters. The Kier molecular flexibility index (Phi) is 2.45. The third-order valence-electron chi connectivity index (χ3n) is 2.91. The second-order valence-electron chi connectivity index (χ2n) is 4.14. The van der Waals surface area contributed by atoms with Gasteiger partial charge in [0.2, 0.25) is 0 Å². The summed E-state index contributed by atoms with van der Waals surface area (Å²) in [7, 11) is 0. The first-order chi connectivity index (χ1) is 8.66. The maximum atomic E-state index is 6.17. The molecule has 0 aliphatic rings. The highest BCUT2D eigenvalue weighted by Crippen LogP contribution is 2.27. The SMILES string of the molecule is Cc1cc2nnc(-c3ccccc3Cl)n2cc1N. The third-order valence-corrected chi connectivity index (χ3v) is 3.24. The highest BCUT2D eigenvalue weighted by atomic mass is 35.5. The molecule has 0 saturated carbocycles. The average molecular weight is 259 g/mol. The van der Waals surface area contributed by atoms with Gasteiger partial charge in [-0.3, -0.25) is 4.40 Å². The lowest BCUT2D eigenvalue weighted by Gasteiger charge is -2.04. The Bertz CT molecular complexity index is 733. The van der Waals surface area contributed by atoms with Crippen LogP contribution in [-0.2, 0) is 0 Å². The van der Waals surface area contributed by atoms with Gasteiger partial charge in [-0.05, 0) is 30.7 Å². The number of nitrogens with two attached hydrogens (primary N) is 1. The Morgan fingerprint density at radius 1 is 1.22 bits per heavy atom. The van der Waals surface area contributed by atoms with Crippen molar-refractivity contribution in [2.24, 2.45) is 0 Å². The largest absolute Gasteiger partial charge is 0.397 e. The number of nitrogen functional groups attached to an aromatic ring is 1. The molecule has 1 aromatic carbocycles. The summed E-state index contributed by atoms with van der Waals surface area (Å²) in [6.07, 6.45) is 1.82. The molecular formula is C13H11ClN4. The van der Waals surface area contributed by atoms with Gasteiger partial charge in [-0.2, -0.15) is 0 Å². The molecule has 2 N–H and O–H groups in total. The minimum atomic E-state index is 0.644. The van der Waals surface area contributed by atoms with Crippen molar-refractivity contribution < 1.29 is 0 Å². The van der Waals surface area contributed by atoms with Gasteiger partial charge in [0.15, 0.2) is 11.5 Å². The van der Waals surface area contributed by atoms with E-state index in [2.05, 4.69) is 10.2 Å². The lowest BCUT2D eigenvalue weighted by atomic mass is 10.2. The predicted octanol–water partition coefficient (Wildman–Crippen LogP) is 2.94. The third kappa shape index (κ3) is 1.62. The molecule has 5 heteroatoms. The van der Waals surface area contributed by atoms with Crippen LogP contribution in [-0.4, -0.2) is 14.6 Å².